The van der Waals surface area contributed by atoms with Gasteiger partial charge in [0.05, 0.1) is 18.0 Å². The fourth-order valence-electron chi connectivity index (χ4n) is 4.35. The van der Waals surface area contributed by atoms with Gasteiger partial charge in [-0.2, -0.15) is 0 Å². The van der Waals surface area contributed by atoms with E-state index in [0.717, 1.165) is 4.90 Å². The van der Waals surface area contributed by atoms with Crippen LogP contribution in [0.4, 0.5) is 4.79 Å². The van der Waals surface area contributed by atoms with Gasteiger partial charge in [0.15, 0.2) is 0 Å². The van der Waals surface area contributed by atoms with Crippen molar-refractivity contribution in [1.29, 1.82) is 0 Å². The van der Waals surface area contributed by atoms with Crippen molar-refractivity contribution < 1.29 is 34.0 Å². The van der Waals surface area contributed by atoms with E-state index in [1.165, 1.54) is 12.1 Å². The van der Waals surface area contributed by atoms with Crippen LogP contribution in [0, 0.1) is 0 Å². The molecular weight excluding hydrogens is 430 g/mol. The Labute approximate surface area is 184 Å². The minimum atomic E-state index is -1.57. The zero-order chi connectivity index (χ0) is 21.6. The number of carbonyl (C=O) groups excluding carboxylic acids is 3. The number of nitrogens with two attached hydrogens (primary N) is 1. The highest BCUT2D eigenvalue weighted by Gasteiger charge is 2.57. The number of hydrogen-bond donors (Lipinski definition) is 4. The first-order valence-electron chi connectivity index (χ1n) is 9.61. The summed E-state index contributed by atoms with van der Waals surface area (Å²) in [6.07, 6.45) is 0.539. The number of halogens is 1. The molecule has 3 aliphatic rings. The number of carboxylic acid groups (broad SMARTS) is 1. The summed E-state index contributed by atoms with van der Waals surface area (Å²) < 4.78 is 5.42. The highest BCUT2D eigenvalue weighted by molar-refractivity contribution is 6.47. The minimum Gasteiger partial charge on any atom is -0.534 e. The maximum absolute atomic E-state index is 13.2. The summed E-state index contributed by atoms with van der Waals surface area (Å²) in [7, 11) is -1.57. The molecule has 1 atom stereocenters. The Morgan fingerprint density at radius 1 is 1.29 bits per heavy atom. The monoisotopic (exact) mass is 452 g/mol. The molecule has 0 aliphatic carbocycles. The summed E-state index contributed by atoms with van der Waals surface area (Å²) in [6.45, 7) is 0.442. The molecule has 166 valence electrons. The van der Waals surface area contributed by atoms with Gasteiger partial charge in [0.2, 0.25) is 5.91 Å². The fraction of sp³-hybridized carbons (Fsp3) is 0.444. The Balaban J connectivity index is 0.00000272. The molecule has 31 heavy (non-hydrogen) atoms. The van der Waals surface area contributed by atoms with Crippen LogP contribution >= 0.6 is 12.4 Å². The van der Waals surface area contributed by atoms with Crippen molar-refractivity contribution in [3.63, 3.8) is 0 Å². The van der Waals surface area contributed by atoms with E-state index in [9.17, 15) is 29.3 Å². The summed E-state index contributed by atoms with van der Waals surface area (Å²) in [5.74, 6) is -2.88. The first-order chi connectivity index (χ1) is 14.3. The maximum atomic E-state index is 13.2. The number of amides is 4. The van der Waals surface area contributed by atoms with Crippen molar-refractivity contribution in [2.24, 2.45) is 5.73 Å². The summed E-state index contributed by atoms with van der Waals surface area (Å²) in [5.41, 5.74) is 4.62. The number of piperidine rings is 1. The first-order valence-corrected chi connectivity index (χ1v) is 9.61. The summed E-state index contributed by atoms with van der Waals surface area (Å²) >= 11 is 0. The number of aromatic carboxylic acids is 1. The smallest absolute Gasteiger partial charge is 0.534 e. The van der Waals surface area contributed by atoms with Crippen molar-refractivity contribution in [2.45, 2.75) is 30.7 Å². The lowest BCUT2D eigenvalue weighted by Gasteiger charge is -2.38. The number of hydrogen-bond acceptors (Lipinski definition) is 7. The Kier molecular flexibility index (Phi) is 6.17. The van der Waals surface area contributed by atoms with Gasteiger partial charge in [0.1, 0.15) is 11.3 Å². The van der Waals surface area contributed by atoms with E-state index in [1.807, 2.05) is 0 Å². The molecule has 1 aromatic rings. The molecule has 4 rings (SSSR count). The number of likely N-dealkylation sites (tertiary alicyclic amines) is 1. The van der Waals surface area contributed by atoms with E-state index in [0.29, 0.717) is 5.56 Å². The summed E-state index contributed by atoms with van der Waals surface area (Å²) in [6, 6.07) is 3.88. The third-order valence-corrected chi connectivity index (χ3v) is 5.99. The molecule has 11 nitrogen and oxygen atoms in total. The number of urea groups is 1. The van der Waals surface area contributed by atoms with Gasteiger partial charge < -0.3 is 30.7 Å². The number of benzene rings is 1. The molecule has 1 spiro atoms. The lowest BCUT2D eigenvalue weighted by atomic mass is 9.71. The van der Waals surface area contributed by atoms with E-state index in [1.54, 1.807) is 11.0 Å². The molecule has 3 aliphatic heterocycles. The molecule has 4 amide bonds. The van der Waals surface area contributed by atoms with E-state index in [2.05, 4.69) is 5.32 Å². The van der Waals surface area contributed by atoms with Crippen molar-refractivity contribution in [1.82, 2.24) is 15.1 Å². The molecule has 3 heterocycles. The van der Waals surface area contributed by atoms with Gasteiger partial charge in [0.25, 0.3) is 5.91 Å². The molecule has 5 N–H and O–H groups in total. The second kappa shape index (κ2) is 8.37. The van der Waals surface area contributed by atoms with Crippen molar-refractivity contribution >= 4 is 43.3 Å². The third kappa shape index (κ3) is 3.71. The van der Waals surface area contributed by atoms with E-state index < -0.39 is 36.5 Å². The number of nitrogens with one attached hydrogen (secondary N) is 1. The minimum absolute atomic E-state index is 0. The number of carboxylic acids is 1. The zero-order valence-corrected chi connectivity index (χ0v) is 17.3. The average Bonchev–Trinajstić information content (AvgIpc) is 2.96. The van der Waals surface area contributed by atoms with Crippen molar-refractivity contribution in [2.75, 3.05) is 19.6 Å². The molecule has 0 radical (unpaired) electrons. The highest BCUT2D eigenvalue weighted by Crippen LogP contribution is 2.36. The summed E-state index contributed by atoms with van der Waals surface area (Å²) in [5, 5.41) is 22.5. The van der Waals surface area contributed by atoms with Gasteiger partial charge in [-0.15, -0.1) is 12.4 Å². The largest absolute Gasteiger partial charge is 0.547 e. The van der Waals surface area contributed by atoms with Crippen LogP contribution in [-0.2, 0) is 16.0 Å². The van der Waals surface area contributed by atoms with E-state index >= 15 is 0 Å². The number of imide groups is 1. The molecule has 0 saturated carbocycles. The second-order valence-corrected chi connectivity index (χ2v) is 7.65. The number of carbonyl (C=O) groups is 4. The van der Waals surface area contributed by atoms with E-state index in [-0.39, 0.29) is 68.5 Å². The molecule has 1 aromatic carbocycles. The zero-order valence-electron chi connectivity index (χ0n) is 16.4. The van der Waals surface area contributed by atoms with Crippen LogP contribution in [-0.4, -0.2) is 82.0 Å². The fourth-order valence-corrected chi connectivity index (χ4v) is 4.35. The van der Waals surface area contributed by atoms with Gasteiger partial charge in [-0.25, -0.2) is 9.59 Å². The van der Waals surface area contributed by atoms with Gasteiger partial charge in [-0.3, -0.25) is 14.5 Å². The van der Waals surface area contributed by atoms with Gasteiger partial charge in [-0.1, -0.05) is 12.1 Å². The Hall–Kier alpha value is -2.83. The van der Waals surface area contributed by atoms with Crippen LogP contribution in [0.2, 0.25) is 0 Å². The lowest BCUT2D eigenvalue weighted by Crippen LogP contribution is -2.59. The number of rotatable bonds is 3. The molecule has 2 fully saturated rings. The van der Waals surface area contributed by atoms with Gasteiger partial charge >= 0.3 is 19.1 Å². The van der Waals surface area contributed by atoms with Crippen LogP contribution < -0.4 is 15.7 Å². The maximum Gasteiger partial charge on any atom is 0.547 e. The standard InChI is InChI=1S/C18H21BN4O7.ClH/c20-9-13(24)22-6-4-18(5-7-22)16(27)23(17(28)21-18)12-8-10-2-1-3-11(15(25)26)14(10)30-19(12)29;/h1-3,12,29H,4-9,20H2,(H,21,28)(H,25,26);1H/t12-;/m0./s1. The molecule has 0 bridgehead atoms. The molecule has 2 saturated heterocycles. The van der Waals surface area contributed by atoms with E-state index in [4.69, 9.17) is 10.4 Å². The number of fused-ring (bicyclic) bond motifs is 1. The van der Waals surface area contributed by atoms with Crippen LogP contribution in [0.25, 0.3) is 0 Å². The number of para-hydroxylation sites is 1. The van der Waals surface area contributed by atoms with Gasteiger partial charge in [0, 0.05) is 13.1 Å². The van der Waals surface area contributed by atoms with Crippen LogP contribution in [0.1, 0.15) is 28.8 Å². The Morgan fingerprint density at radius 2 is 1.97 bits per heavy atom. The van der Waals surface area contributed by atoms with Crippen LogP contribution in [0.3, 0.4) is 0 Å². The molecule has 0 aromatic heterocycles. The second-order valence-electron chi connectivity index (χ2n) is 7.65. The Morgan fingerprint density at radius 3 is 2.58 bits per heavy atom. The predicted molar refractivity (Wildman–Crippen MR) is 110 cm³/mol. The SMILES string of the molecule is Cl.NCC(=O)N1CCC2(CC1)NC(=O)N([C@H]1Cc3cccc(C(=O)O)c3OB1O)C2=O. The Bertz CT molecular complexity index is 937. The average molecular weight is 453 g/mol. The molecule has 0 unspecified atom stereocenters. The molecule has 13 heteroatoms. The molecular formula is C18H22BClN4O7. The topological polar surface area (TPSA) is 162 Å². The van der Waals surface area contributed by atoms with Crippen LogP contribution in [0.5, 0.6) is 5.75 Å². The predicted octanol–water partition coefficient (Wildman–Crippen LogP) is -0.998. The quantitative estimate of drug-likeness (QED) is 0.335. The van der Waals surface area contributed by atoms with Crippen LogP contribution in [0.15, 0.2) is 18.2 Å². The van der Waals surface area contributed by atoms with Crippen molar-refractivity contribution in [3.05, 3.63) is 29.3 Å². The number of nitrogens with zero attached hydrogens (tertiary/aromatic N) is 2. The summed E-state index contributed by atoms with van der Waals surface area (Å²) in [4.78, 5) is 51.6. The van der Waals surface area contributed by atoms with Crippen molar-refractivity contribution in [3.8, 4) is 5.75 Å². The normalized spacial score (nSPS) is 21.9. The highest BCUT2D eigenvalue weighted by atomic mass is 35.5. The lowest BCUT2D eigenvalue weighted by molar-refractivity contribution is -0.138. The first kappa shape index (κ1) is 22.9. The van der Waals surface area contributed by atoms with Gasteiger partial charge in [-0.05, 0) is 30.9 Å². The third-order valence-electron chi connectivity index (χ3n) is 5.99.